The number of nitrogens with zero attached hydrogens (tertiary/aromatic N) is 5. The molecule has 3 fully saturated rings. The number of ether oxygens (including phenoxy) is 2. The molecule has 4 heterocycles. The molecule has 0 aliphatic carbocycles. The highest BCUT2D eigenvalue weighted by molar-refractivity contribution is 6.33. The molecule has 0 bridgehead atoms. The Labute approximate surface area is 356 Å². The first-order valence-electron chi connectivity index (χ1n) is 20.6. The smallest absolute Gasteiger partial charge is 0.418 e. The van der Waals surface area contributed by atoms with Gasteiger partial charge in [-0.2, -0.15) is 13.2 Å². The maximum absolute atomic E-state index is 14.2. The monoisotopic (exact) mass is 867 g/mol. The number of carbonyl (C=O) groups is 5. The van der Waals surface area contributed by atoms with Crippen LogP contribution >= 0.6 is 11.6 Å². The minimum atomic E-state index is -4.82. The average Bonchev–Trinajstić information content (AvgIpc) is 3.44. The van der Waals surface area contributed by atoms with Crippen molar-refractivity contribution in [2.75, 3.05) is 81.5 Å². The lowest BCUT2D eigenvalue weighted by atomic mass is 10.0. The van der Waals surface area contributed by atoms with Crippen molar-refractivity contribution in [2.45, 2.75) is 63.3 Å². The SMILES string of the molecule is Nc1c(Cl)cc(C[C@@H](OC(=O)N2CCC(N3CCc4ccccc4NC3=O)CC2)C(=O)N2CCN(c3ccc(C(=O)OCC(=O)N4CCCCC4)cc3)CC2)cc1C(F)(F)F. The van der Waals surface area contributed by atoms with Crippen molar-refractivity contribution in [1.29, 1.82) is 0 Å². The number of likely N-dealkylation sites (tertiary alicyclic amines) is 2. The summed E-state index contributed by atoms with van der Waals surface area (Å²) >= 11 is 6.13. The summed E-state index contributed by atoms with van der Waals surface area (Å²) in [6.07, 6.45) is -2.96. The Kier molecular flexibility index (Phi) is 13.4. The maximum Gasteiger partial charge on any atom is 0.418 e. The van der Waals surface area contributed by atoms with Gasteiger partial charge in [-0.1, -0.05) is 29.8 Å². The first-order chi connectivity index (χ1) is 29.2. The van der Waals surface area contributed by atoms with Crippen molar-refractivity contribution >= 4 is 58.6 Å². The lowest BCUT2D eigenvalue weighted by Gasteiger charge is -2.39. The molecule has 4 aliphatic rings. The molecule has 0 saturated carbocycles. The zero-order valence-corrected chi connectivity index (χ0v) is 34.4. The standard InChI is InChI=1S/C43H49ClF3N7O7/c44-34-25-28(24-33(38(34)48)43(45,46)47)26-36(61-42(59)53-17-13-32(14-18-53)54-19-12-29-6-2-3-7-35(29)49-41(54)58)39(56)52-22-20-50(21-23-52)31-10-8-30(9-11-31)40(57)60-27-37(55)51-15-4-1-5-16-51/h2-3,6-11,24-25,32,36H,1,4-5,12-23,26-27,48H2,(H,49,58)/t36-/m1/s1. The molecule has 0 aromatic heterocycles. The molecule has 0 spiro atoms. The van der Waals surface area contributed by atoms with Gasteiger partial charge in [0.25, 0.3) is 11.8 Å². The Morgan fingerprint density at radius 3 is 2.21 bits per heavy atom. The highest BCUT2D eigenvalue weighted by Crippen LogP contribution is 2.38. The van der Waals surface area contributed by atoms with E-state index >= 15 is 0 Å². The van der Waals surface area contributed by atoms with Crippen LogP contribution in [-0.4, -0.2) is 127 Å². The second kappa shape index (κ2) is 18.9. The number of urea groups is 1. The van der Waals surface area contributed by atoms with E-state index in [0.29, 0.717) is 52.0 Å². The Hall–Kier alpha value is -5.71. The number of amides is 5. The molecule has 0 radical (unpaired) electrons. The van der Waals surface area contributed by atoms with Crippen LogP contribution in [0.4, 0.5) is 39.8 Å². The summed E-state index contributed by atoms with van der Waals surface area (Å²) in [6.45, 7) is 3.13. The van der Waals surface area contributed by atoms with Gasteiger partial charge in [-0.25, -0.2) is 14.4 Å². The van der Waals surface area contributed by atoms with Crippen LogP contribution in [0.5, 0.6) is 0 Å². The molecule has 14 nitrogen and oxygen atoms in total. The summed E-state index contributed by atoms with van der Waals surface area (Å²) < 4.78 is 52.9. The van der Waals surface area contributed by atoms with Gasteiger partial charge in [-0.3, -0.25) is 9.59 Å². The van der Waals surface area contributed by atoms with Crippen molar-refractivity contribution in [3.05, 3.63) is 87.9 Å². The lowest BCUT2D eigenvalue weighted by Crippen LogP contribution is -2.54. The van der Waals surface area contributed by atoms with Gasteiger partial charge in [-0.15, -0.1) is 0 Å². The van der Waals surface area contributed by atoms with Crippen molar-refractivity contribution in [3.8, 4) is 0 Å². The van der Waals surface area contributed by atoms with Crippen molar-refractivity contribution in [2.24, 2.45) is 0 Å². The Morgan fingerprint density at radius 2 is 1.52 bits per heavy atom. The minimum absolute atomic E-state index is 0.0117. The van der Waals surface area contributed by atoms with Crippen molar-refractivity contribution < 1.29 is 46.6 Å². The second-order valence-corrected chi connectivity index (χ2v) is 16.1. The molecule has 18 heteroatoms. The van der Waals surface area contributed by atoms with E-state index in [1.165, 1.54) is 15.9 Å². The zero-order chi connectivity index (χ0) is 43.3. The van der Waals surface area contributed by atoms with E-state index < -0.39 is 41.5 Å². The van der Waals surface area contributed by atoms with E-state index in [0.717, 1.165) is 42.3 Å². The van der Waals surface area contributed by atoms with E-state index in [1.807, 2.05) is 29.2 Å². The molecule has 326 valence electrons. The number of esters is 1. The molecule has 3 aromatic rings. The second-order valence-electron chi connectivity index (χ2n) is 15.7. The van der Waals surface area contributed by atoms with Gasteiger partial charge in [0.1, 0.15) is 0 Å². The average molecular weight is 868 g/mol. The van der Waals surface area contributed by atoms with Gasteiger partial charge in [0.2, 0.25) is 0 Å². The summed E-state index contributed by atoms with van der Waals surface area (Å²) in [5, 5.41) is 2.63. The molecule has 0 unspecified atom stereocenters. The van der Waals surface area contributed by atoms with Gasteiger partial charge >= 0.3 is 24.3 Å². The summed E-state index contributed by atoms with van der Waals surface area (Å²) in [5.41, 5.74) is 6.74. The number of nitrogen functional groups attached to an aromatic ring is 1. The number of fused-ring (bicyclic) bond motifs is 1. The van der Waals surface area contributed by atoms with Crippen LogP contribution in [0.1, 0.15) is 59.2 Å². The predicted molar refractivity (Wildman–Crippen MR) is 221 cm³/mol. The highest BCUT2D eigenvalue weighted by Gasteiger charge is 2.38. The van der Waals surface area contributed by atoms with Crippen molar-refractivity contribution in [3.63, 3.8) is 0 Å². The normalized spacial score (nSPS) is 18.2. The number of nitrogens with two attached hydrogens (primary N) is 1. The van der Waals surface area contributed by atoms with Crippen LogP contribution in [-0.2, 0) is 38.1 Å². The number of rotatable bonds is 9. The van der Waals surface area contributed by atoms with Gasteiger partial charge in [0.15, 0.2) is 12.7 Å². The number of piperidine rings is 2. The maximum atomic E-state index is 14.2. The van der Waals surface area contributed by atoms with Crippen molar-refractivity contribution in [1.82, 2.24) is 19.6 Å². The summed E-state index contributed by atoms with van der Waals surface area (Å²) in [5.74, 6) is -1.41. The number of benzene rings is 3. The molecule has 3 saturated heterocycles. The summed E-state index contributed by atoms with van der Waals surface area (Å²) in [7, 11) is 0. The van der Waals surface area contributed by atoms with Gasteiger partial charge in [-0.05, 0) is 92.1 Å². The Balaban J connectivity index is 0.975. The van der Waals surface area contributed by atoms with Crippen LogP contribution < -0.4 is 16.0 Å². The third kappa shape index (κ3) is 10.4. The van der Waals surface area contributed by atoms with E-state index in [1.54, 1.807) is 34.1 Å². The van der Waals surface area contributed by atoms with Gasteiger partial charge < -0.3 is 45.0 Å². The first kappa shape index (κ1) is 43.4. The van der Waals surface area contributed by atoms with Crippen LogP contribution in [0, 0.1) is 0 Å². The Morgan fingerprint density at radius 1 is 0.836 bits per heavy atom. The van der Waals surface area contributed by atoms with Crippen LogP contribution in [0.3, 0.4) is 0 Å². The van der Waals surface area contributed by atoms with E-state index in [-0.39, 0.29) is 73.3 Å². The third-order valence-corrected chi connectivity index (χ3v) is 12.1. The molecular weight excluding hydrogens is 819 g/mol. The predicted octanol–water partition coefficient (Wildman–Crippen LogP) is 6.06. The number of anilines is 3. The number of alkyl halides is 3. The summed E-state index contributed by atoms with van der Waals surface area (Å²) in [6, 6.07) is 16.0. The molecule has 5 amide bonds. The molecule has 61 heavy (non-hydrogen) atoms. The largest absolute Gasteiger partial charge is 0.452 e. The van der Waals surface area contributed by atoms with E-state index in [2.05, 4.69) is 5.32 Å². The molecule has 4 aliphatic heterocycles. The quantitative estimate of drug-likeness (QED) is 0.193. The first-order valence-corrected chi connectivity index (χ1v) is 21.0. The number of nitrogens with one attached hydrogen (secondary N) is 1. The summed E-state index contributed by atoms with van der Waals surface area (Å²) in [4.78, 5) is 74.5. The fourth-order valence-corrected chi connectivity index (χ4v) is 8.60. The Bertz CT molecular complexity index is 2100. The number of hydrogen-bond donors (Lipinski definition) is 2. The lowest BCUT2D eigenvalue weighted by molar-refractivity contribution is -0.141. The number of carbonyl (C=O) groups excluding carboxylic acids is 5. The molecular formula is C43H49ClF3N7O7. The van der Waals surface area contributed by atoms with Crippen LogP contribution in [0.2, 0.25) is 5.02 Å². The van der Waals surface area contributed by atoms with E-state index in [9.17, 15) is 37.1 Å². The fraction of sp³-hybridized carbons (Fsp3) is 0.465. The molecule has 7 rings (SSSR count). The zero-order valence-electron chi connectivity index (χ0n) is 33.6. The van der Waals surface area contributed by atoms with Gasteiger partial charge in [0.05, 0.1) is 21.8 Å². The third-order valence-electron chi connectivity index (χ3n) is 11.8. The molecule has 1 atom stereocenters. The van der Waals surface area contributed by atoms with Crippen LogP contribution in [0.15, 0.2) is 60.7 Å². The molecule has 3 aromatic carbocycles. The number of para-hydroxylation sites is 1. The minimum Gasteiger partial charge on any atom is -0.452 e. The number of hydrogen-bond acceptors (Lipinski definition) is 9. The van der Waals surface area contributed by atoms with Gasteiger partial charge in [0, 0.05) is 82.7 Å². The molecule has 3 N–H and O–H groups in total. The number of piperazine rings is 1. The van der Waals surface area contributed by atoms with Crippen LogP contribution in [0.25, 0.3) is 0 Å². The highest BCUT2D eigenvalue weighted by atomic mass is 35.5. The fourth-order valence-electron chi connectivity index (χ4n) is 8.36. The topological polar surface area (TPSA) is 158 Å². The van der Waals surface area contributed by atoms with E-state index in [4.69, 9.17) is 26.8 Å². The number of halogens is 4.